The van der Waals surface area contributed by atoms with Crippen molar-refractivity contribution in [1.29, 1.82) is 0 Å². The molecule has 1 amide bonds. The highest BCUT2D eigenvalue weighted by atomic mass is 32.2. The molecule has 0 bridgehead atoms. The van der Waals surface area contributed by atoms with Crippen LogP contribution in [0.25, 0.3) is 0 Å². The van der Waals surface area contributed by atoms with E-state index in [4.69, 9.17) is 9.47 Å². The van der Waals surface area contributed by atoms with Gasteiger partial charge in [-0.25, -0.2) is 8.42 Å². The molecule has 8 heteroatoms. The third kappa shape index (κ3) is 5.74. The molecule has 0 aromatic heterocycles. The van der Waals surface area contributed by atoms with E-state index in [1.165, 1.54) is 6.92 Å². The van der Waals surface area contributed by atoms with Crippen LogP contribution in [-0.4, -0.2) is 51.6 Å². The Labute approximate surface area is 147 Å². The second-order valence-electron chi connectivity index (χ2n) is 6.07. The van der Waals surface area contributed by atoms with Gasteiger partial charge in [0, 0.05) is 6.54 Å². The van der Waals surface area contributed by atoms with E-state index in [1.807, 2.05) is 24.3 Å². The fourth-order valence-electron chi connectivity index (χ4n) is 2.57. The summed E-state index contributed by atoms with van der Waals surface area (Å²) < 4.78 is 32.9. The molecule has 1 aromatic rings. The lowest BCUT2D eigenvalue weighted by molar-refractivity contribution is -0.158. The quantitative estimate of drug-likeness (QED) is 0.711. The van der Waals surface area contributed by atoms with Crippen molar-refractivity contribution in [1.82, 2.24) is 5.32 Å². The lowest BCUT2D eigenvalue weighted by atomic mass is 10.1. The smallest absolute Gasteiger partial charge is 0.310 e. The van der Waals surface area contributed by atoms with E-state index in [2.05, 4.69) is 5.32 Å². The van der Waals surface area contributed by atoms with E-state index >= 15 is 0 Å². The third-order valence-electron chi connectivity index (χ3n) is 4.10. The molecule has 1 N–H and O–H groups in total. The molecule has 1 saturated heterocycles. The Morgan fingerprint density at radius 1 is 1.28 bits per heavy atom. The number of amides is 1. The molecule has 0 aliphatic carbocycles. The molecular weight excluding hydrogens is 346 g/mol. The lowest BCUT2D eigenvalue weighted by Crippen LogP contribution is -2.38. The first-order valence-electron chi connectivity index (χ1n) is 8.12. The van der Waals surface area contributed by atoms with Gasteiger partial charge in [0.15, 0.2) is 15.9 Å². The molecule has 25 heavy (non-hydrogen) atoms. The number of benzene rings is 1. The van der Waals surface area contributed by atoms with Gasteiger partial charge in [0.2, 0.25) is 0 Å². The molecule has 1 aliphatic heterocycles. The van der Waals surface area contributed by atoms with Gasteiger partial charge >= 0.3 is 5.97 Å². The summed E-state index contributed by atoms with van der Waals surface area (Å²) in [5.74, 6) is -1.13. The molecule has 1 heterocycles. The number of ether oxygens (including phenoxy) is 2. The molecule has 0 spiro atoms. The van der Waals surface area contributed by atoms with Crippen LogP contribution in [0.2, 0.25) is 0 Å². The standard InChI is InChI=1S/C17H23NO6S/c1-12(24-17(20)14-8-10-25(21,22)11-14)16(19)18-9-7-13-3-5-15(23-2)6-4-13/h3-6,12,14H,7-11H2,1-2H3,(H,18,19). The zero-order chi connectivity index (χ0) is 18.4. The van der Waals surface area contributed by atoms with Crippen molar-refractivity contribution >= 4 is 21.7 Å². The van der Waals surface area contributed by atoms with Crippen LogP contribution in [0.1, 0.15) is 18.9 Å². The molecule has 138 valence electrons. The summed E-state index contributed by atoms with van der Waals surface area (Å²) in [4.78, 5) is 23.9. The second-order valence-corrected chi connectivity index (χ2v) is 8.30. The number of carbonyl (C=O) groups excluding carboxylic acids is 2. The highest BCUT2D eigenvalue weighted by Crippen LogP contribution is 2.20. The molecule has 1 aromatic carbocycles. The van der Waals surface area contributed by atoms with Crippen LogP contribution in [0.5, 0.6) is 5.75 Å². The Morgan fingerprint density at radius 2 is 1.96 bits per heavy atom. The van der Waals surface area contributed by atoms with E-state index in [9.17, 15) is 18.0 Å². The predicted octanol–water partition coefficient (Wildman–Crippen LogP) is 0.720. The van der Waals surface area contributed by atoms with Crippen molar-refractivity contribution in [2.75, 3.05) is 25.2 Å². The van der Waals surface area contributed by atoms with Crippen LogP contribution in [0.3, 0.4) is 0 Å². The Balaban J connectivity index is 1.73. The van der Waals surface area contributed by atoms with Crippen LogP contribution < -0.4 is 10.1 Å². The average Bonchev–Trinajstić information content (AvgIpc) is 2.95. The van der Waals surface area contributed by atoms with Crippen molar-refractivity contribution in [3.63, 3.8) is 0 Å². The summed E-state index contributed by atoms with van der Waals surface area (Å²) in [6, 6.07) is 7.51. The summed E-state index contributed by atoms with van der Waals surface area (Å²) in [7, 11) is -1.56. The van der Waals surface area contributed by atoms with Crippen LogP contribution in [0, 0.1) is 5.92 Å². The van der Waals surface area contributed by atoms with Gasteiger partial charge in [0.1, 0.15) is 5.75 Å². The molecule has 2 atom stereocenters. The van der Waals surface area contributed by atoms with Crippen LogP contribution >= 0.6 is 0 Å². The number of carbonyl (C=O) groups is 2. The maximum Gasteiger partial charge on any atom is 0.310 e. The maximum atomic E-state index is 12.0. The highest BCUT2D eigenvalue weighted by Gasteiger charge is 2.35. The predicted molar refractivity (Wildman–Crippen MR) is 92.0 cm³/mol. The summed E-state index contributed by atoms with van der Waals surface area (Å²) >= 11 is 0. The monoisotopic (exact) mass is 369 g/mol. The number of hydrogen-bond acceptors (Lipinski definition) is 6. The Hall–Kier alpha value is -2.09. The van der Waals surface area contributed by atoms with Crippen molar-refractivity contribution in [3.05, 3.63) is 29.8 Å². The summed E-state index contributed by atoms with van der Waals surface area (Å²) in [5.41, 5.74) is 1.04. The third-order valence-corrected chi connectivity index (χ3v) is 5.87. The minimum atomic E-state index is -3.16. The van der Waals surface area contributed by atoms with Crippen LogP contribution in [-0.2, 0) is 30.6 Å². The summed E-state index contributed by atoms with van der Waals surface area (Å²) in [6.45, 7) is 1.88. The van der Waals surface area contributed by atoms with Crippen LogP contribution in [0.15, 0.2) is 24.3 Å². The van der Waals surface area contributed by atoms with Crippen molar-refractivity contribution in [2.45, 2.75) is 25.9 Å². The fraction of sp³-hybridized carbons (Fsp3) is 0.529. The number of sulfone groups is 1. The largest absolute Gasteiger partial charge is 0.497 e. The SMILES string of the molecule is COc1ccc(CCNC(=O)C(C)OC(=O)C2CCS(=O)(=O)C2)cc1. The van der Waals surface area contributed by atoms with E-state index in [0.717, 1.165) is 11.3 Å². The lowest BCUT2D eigenvalue weighted by Gasteiger charge is -2.15. The van der Waals surface area contributed by atoms with E-state index in [1.54, 1.807) is 7.11 Å². The number of methoxy groups -OCH3 is 1. The minimum absolute atomic E-state index is 0.00476. The van der Waals surface area contributed by atoms with Gasteiger partial charge in [0.25, 0.3) is 5.91 Å². The number of rotatable bonds is 7. The van der Waals surface area contributed by atoms with Gasteiger partial charge < -0.3 is 14.8 Å². The van der Waals surface area contributed by atoms with E-state index < -0.39 is 33.7 Å². The zero-order valence-corrected chi connectivity index (χ0v) is 15.2. The van der Waals surface area contributed by atoms with Crippen LogP contribution in [0.4, 0.5) is 0 Å². The second kappa shape index (κ2) is 8.33. The Morgan fingerprint density at radius 3 is 2.52 bits per heavy atom. The van der Waals surface area contributed by atoms with Gasteiger partial charge in [-0.3, -0.25) is 9.59 Å². The number of nitrogens with one attached hydrogen (secondary N) is 1. The molecule has 2 unspecified atom stereocenters. The van der Waals surface area contributed by atoms with Crippen molar-refractivity contribution < 1.29 is 27.5 Å². The van der Waals surface area contributed by atoms with Gasteiger partial charge in [-0.2, -0.15) is 0 Å². The summed E-state index contributed by atoms with van der Waals surface area (Å²) in [5, 5.41) is 2.71. The van der Waals surface area contributed by atoms with Crippen molar-refractivity contribution in [3.8, 4) is 5.75 Å². The van der Waals surface area contributed by atoms with Gasteiger partial charge in [-0.05, 0) is 37.5 Å². The van der Waals surface area contributed by atoms with Gasteiger partial charge in [-0.1, -0.05) is 12.1 Å². The minimum Gasteiger partial charge on any atom is -0.497 e. The molecule has 1 fully saturated rings. The molecule has 1 aliphatic rings. The molecular formula is C17H23NO6S. The maximum absolute atomic E-state index is 12.0. The van der Waals surface area contributed by atoms with Crippen molar-refractivity contribution in [2.24, 2.45) is 5.92 Å². The molecule has 2 rings (SSSR count). The average molecular weight is 369 g/mol. The number of esters is 1. The first-order chi connectivity index (χ1) is 11.8. The Bertz CT molecular complexity index is 713. The topological polar surface area (TPSA) is 98.8 Å². The fourth-order valence-corrected chi connectivity index (χ4v) is 4.30. The molecule has 0 radical (unpaired) electrons. The first kappa shape index (κ1) is 19.2. The molecule has 7 nitrogen and oxygen atoms in total. The normalized spacial score (nSPS) is 19.8. The number of hydrogen-bond donors (Lipinski definition) is 1. The highest BCUT2D eigenvalue weighted by molar-refractivity contribution is 7.91. The summed E-state index contributed by atoms with van der Waals surface area (Å²) in [6.07, 6.45) is -0.0591. The first-order valence-corrected chi connectivity index (χ1v) is 9.94. The molecule has 0 saturated carbocycles. The van der Waals surface area contributed by atoms with E-state index in [0.29, 0.717) is 13.0 Å². The zero-order valence-electron chi connectivity index (χ0n) is 14.4. The Kier molecular flexibility index (Phi) is 6.41. The van der Waals surface area contributed by atoms with Gasteiger partial charge in [-0.15, -0.1) is 0 Å². The van der Waals surface area contributed by atoms with Gasteiger partial charge in [0.05, 0.1) is 24.5 Å². The van der Waals surface area contributed by atoms with E-state index in [-0.39, 0.29) is 17.9 Å².